The van der Waals surface area contributed by atoms with E-state index in [0.29, 0.717) is 44.3 Å². The Morgan fingerprint density at radius 3 is 2.42 bits per heavy atom. The third-order valence-electron chi connectivity index (χ3n) is 7.83. The van der Waals surface area contributed by atoms with Gasteiger partial charge in [0.05, 0.1) is 5.52 Å². The molecule has 2 fully saturated rings. The molecule has 5 rings (SSSR count). The Morgan fingerprint density at radius 1 is 1.00 bits per heavy atom. The summed E-state index contributed by atoms with van der Waals surface area (Å²) in [5, 5.41) is 7.66. The molecule has 1 saturated heterocycles. The van der Waals surface area contributed by atoms with Gasteiger partial charge < -0.3 is 20.4 Å². The molecule has 2 aliphatic rings. The standard InChI is InChI=1S/C28H35F3N8O/c1-38(2)24-21-5-3-4-6-22(21)35-26(37-24)34-20-9-7-18(8-10-20)17-33-25(40)19-12-15-39(16-13-19)27-32-14-11-23(36-27)28(29,30)31/h3-6,11,14,18-20H,7-10,12-13,15-17H2,1-2H3,(H,33,40)(H,34,35,37)/t18-,20+. The number of alkyl halides is 3. The van der Waals surface area contributed by atoms with Crippen LogP contribution in [-0.2, 0) is 11.0 Å². The van der Waals surface area contributed by atoms with E-state index in [1.807, 2.05) is 43.3 Å². The molecular weight excluding hydrogens is 521 g/mol. The molecule has 0 spiro atoms. The molecule has 0 bridgehead atoms. The maximum atomic E-state index is 13.0. The molecule has 214 valence electrons. The minimum Gasteiger partial charge on any atom is -0.362 e. The lowest BCUT2D eigenvalue weighted by Gasteiger charge is -2.32. The van der Waals surface area contributed by atoms with E-state index in [-0.39, 0.29) is 23.8 Å². The minimum atomic E-state index is -4.51. The highest BCUT2D eigenvalue weighted by Gasteiger charge is 2.34. The van der Waals surface area contributed by atoms with Gasteiger partial charge in [-0.3, -0.25) is 4.79 Å². The summed E-state index contributed by atoms with van der Waals surface area (Å²) in [7, 11) is 3.96. The fourth-order valence-electron chi connectivity index (χ4n) is 5.55. The number of nitrogens with zero attached hydrogens (tertiary/aromatic N) is 6. The van der Waals surface area contributed by atoms with Crippen LogP contribution in [0.1, 0.15) is 44.2 Å². The van der Waals surface area contributed by atoms with Crippen molar-refractivity contribution in [2.24, 2.45) is 11.8 Å². The SMILES string of the molecule is CN(C)c1nc(N[C@H]2CC[C@@H](CNC(=O)C3CCN(c4nccc(C(F)(F)F)n4)CC3)CC2)nc2ccccc12. The quantitative estimate of drug-likeness (QED) is 0.439. The van der Waals surface area contributed by atoms with E-state index in [1.165, 1.54) is 0 Å². The Bertz CT molecular complexity index is 1320. The Labute approximate surface area is 231 Å². The molecule has 2 N–H and O–H groups in total. The van der Waals surface area contributed by atoms with E-state index in [4.69, 9.17) is 9.97 Å². The van der Waals surface area contributed by atoms with Crippen molar-refractivity contribution in [3.63, 3.8) is 0 Å². The number of anilines is 3. The van der Waals surface area contributed by atoms with Crippen molar-refractivity contribution in [2.45, 2.75) is 50.7 Å². The largest absolute Gasteiger partial charge is 0.433 e. The summed E-state index contributed by atoms with van der Waals surface area (Å²) in [5.41, 5.74) is -0.0429. The number of aromatic nitrogens is 4. The summed E-state index contributed by atoms with van der Waals surface area (Å²) in [6, 6.07) is 9.15. The summed E-state index contributed by atoms with van der Waals surface area (Å²) in [6.45, 7) is 1.53. The molecule has 12 heteroatoms. The molecule has 1 aromatic carbocycles. The van der Waals surface area contributed by atoms with Gasteiger partial charge in [0.25, 0.3) is 0 Å². The number of amides is 1. The molecule has 0 atom stereocenters. The number of nitrogens with one attached hydrogen (secondary N) is 2. The van der Waals surface area contributed by atoms with Crippen LogP contribution in [0.5, 0.6) is 0 Å². The number of piperidine rings is 1. The van der Waals surface area contributed by atoms with Crippen LogP contribution in [0.2, 0.25) is 0 Å². The first kappa shape index (κ1) is 27.9. The molecular formula is C28H35F3N8O. The van der Waals surface area contributed by atoms with Crippen LogP contribution < -0.4 is 20.4 Å². The smallest absolute Gasteiger partial charge is 0.362 e. The fraction of sp³-hybridized carbons (Fsp3) is 0.536. The van der Waals surface area contributed by atoms with Crippen molar-refractivity contribution >= 4 is 34.5 Å². The van der Waals surface area contributed by atoms with E-state index in [9.17, 15) is 18.0 Å². The Balaban J connectivity index is 1.06. The monoisotopic (exact) mass is 556 g/mol. The van der Waals surface area contributed by atoms with E-state index in [0.717, 1.165) is 54.7 Å². The van der Waals surface area contributed by atoms with Gasteiger partial charge in [-0.15, -0.1) is 0 Å². The average molecular weight is 557 g/mol. The number of para-hydroxylation sites is 1. The number of benzene rings is 1. The molecule has 1 saturated carbocycles. The number of carbonyl (C=O) groups is 1. The maximum absolute atomic E-state index is 13.0. The number of fused-ring (bicyclic) bond motifs is 1. The van der Waals surface area contributed by atoms with Crippen molar-refractivity contribution in [1.29, 1.82) is 0 Å². The first-order chi connectivity index (χ1) is 19.2. The van der Waals surface area contributed by atoms with Gasteiger partial charge in [0.2, 0.25) is 17.8 Å². The van der Waals surface area contributed by atoms with Gasteiger partial charge in [0.15, 0.2) is 0 Å². The number of halogens is 3. The van der Waals surface area contributed by atoms with Crippen LogP contribution in [0.3, 0.4) is 0 Å². The molecule has 1 amide bonds. The lowest BCUT2D eigenvalue weighted by atomic mass is 9.86. The zero-order valence-electron chi connectivity index (χ0n) is 22.8. The molecule has 9 nitrogen and oxygen atoms in total. The first-order valence-corrected chi connectivity index (χ1v) is 13.8. The van der Waals surface area contributed by atoms with Crippen molar-refractivity contribution in [3.8, 4) is 0 Å². The molecule has 3 heterocycles. The zero-order valence-corrected chi connectivity index (χ0v) is 22.8. The normalized spacial score (nSPS) is 20.4. The van der Waals surface area contributed by atoms with Crippen LogP contribution in [-0.4, -0.2) is 65.6 Å². The van der Waals surface area contributed by atoms with Crippen molar-refractivity contribution in [3.05, 3.63) is 42.2 Å². The second kappa shape index (κ2) is 11.8. The Hall–Kier alpha value is -3.70. The highest BCUT2D eigenvalue weighted by atomic mass is 19.4. The summed E-state index contributed by atoms with van der Waals surface area (Å²) in [6.07, 6.45) is 1.68. The predicted molar refractivity (Wildman–Crippen MR) is 148 cm³/mol. The molecule has 0 radical (unpaired) electrons. The van der Waals surface area contributed by atoms with Crippen molar-refractivity contribution in [1.82, 2.24) is 25.3 Å². The summed E-state index contributed by atoms with van der Waals surface area (Å²) < 4.78 is 38.9. The number of carbonyl (C=O) groups excluding carboxylic acids is 1. The van der Waals surface area contributed by atoms with Gasteiger partial charge in [0, 0.05) is 57.3 Å². The van der Waals surface area contributed by atoms with E-state index in [2.05, 4.69) is 20.6 Å². The van der Waals surface area contributed by atoms with Crippen LogP contribution in [0, 0.1) is 11.8 Å². The van der Waals surface area contributed by atoms with Gasteiger partial charge in [-0.1, -0.05) is 12.1 Å². The van der Waals surface area contributed by atoms with Gasteiger partial charge in [0.1, 0.15) is 11.5 Å². The topological polar surface area (TPSA) is 99.2 Å². The summed E-state index contributed by atoms with van der Waals surface area (Å²) in [5.74, 6) is 1.86. The van der Waals surface area contributed by atoms with Crippen LogP contribution in [0.15, 0.2) is 36.5 Å². The zero-order chi connectivity index (χ0) is 28.3. The number of rotatable bonds is 7. The van der Waals surface area contributed by atoms with E-state index >= 15 is 0 Å². The average Bonchev–Trinajstić information content (AvgIpc) is 2.96. The van der Waals surface area contributed by atoms with E-state index in [1.54, 1.807) is 4.90 Å². The fourth-order valence-corrected chi connectivity index (χ4v) is 5.55. The predicted octanol–water partition coefficient (Wildman–Crippen LogP) is 4.51. The molecule has 1 aliphatic heterocycles. The third kappa shape index (κ3) is 6.53. The van der Waals surface area contributed by atoms with Gasteiger partial charge in [-0.2, -0.15) is 18.2 Å². The second-order valence-corrected chi connectivity index (χ2v) is 10.9. The summed E-state index contributed by atoms with van der Waals surface area (Å²) >= 11 is 0. The van der Waals surface area contributed by atoms with Crippen molar-refractivity contribution < 1.29 is 18.0 Å². The molecule has 2 aromatic heterocycles. The summed E-state index contributed by atoms with van der Waals surface area (Å²) in [4.78, 5) is 33.7. The molecule has 40 heavy (non-hydrogen) atoms. The van der Waals surface area contributed by atoms with Gasteiger partial charge in [-0.05, 0) is 62.6 Å². The van der Waals surface area contributed by atoms with E-state index < -0.39 is 11.9 Å². The highest BCUT2D eigenvalue weighted by Crippen LogP contribution is 2.30. The van der Waals surface area contributed by atoms with Gasteiger partial charge in [-0.25, -0.2) is 15.0 Å². The van der Waals surface area contributed by atoms with Crippen LogP contribution >= 0.6 is 0 Å². The number of hydrogen-bond acceptors (Lipinski definition) is 8. The molecule has 0 unspecified atom stereocenters. The van der Waals surface area contributed by atoms with Gasteiger partial charge >= 0.3 is 6.18 Å². The van der Waals surface area contributed by atoms with Crippen LogP contribution in [0.4, 0.5) is 30.9 Å². The van der Waals surface area contributed by atoms with Crippen molar-refractivity contribution in [2.75, 3.05) is 48.8 Å². The molecule has 3 aromatic rings. The minimum absolute atomic E-state index is 0.0191. The maximum Gasteiger partial charge on any atom is 0.433 e. The first-order valence-electron chi connectivity index (χ1n) is 13.8. The third-order valence-corrected chi connectivity index (χ3v) is 7.83. The Kier molecular flexibility index (Phi) is 8.22. The van der Waals surface area contributed by atoms with Crippen LogP contribution in [0.25, 0.3) is 10.9 Å². The lowest BCUT2D eigenvalue weighted by Crippen LogP contribution is -2.42. The lowest BCUT2D eigenvalue weighted by molar-refractivity contribution is -0.141. The highest BCUT2D eigenvalue weighted by molar-refractivity contribution is 5.90. The second-order valence-electron chi connectivity index (χ2n) is 10.9. The number of hydrogen-bond donors (Lipinski definition) is 2. The molecule has 1 aliphatic carbocycles. The Morgan fingerprint density at radius 2 is 1.73 bits per heavy atom.